The summed E-state index contributed by atoms with van der Waals surface area (Å²) in [6.45, 7) is 5.84. The molecule has 0 fully saturated rings. The lowest BCUT2D eigenvalue weighted by Crippen LogP contribution is -2.37. The Morgan fingerprint density at radius 2 is 1.65 bits per heavy atom. The van der Waals surface area contributed by atoms with Crippen molar-refractivity contribution < 1.29 is 18.0 Å². The van der Waals surface area contributed by atoms with E-state index in [9.17, 15) is 18.0 Å². The molecule has 0 aromatic heterocycles. The smallest absolute Gasteiger partial charge is 0.327 e. The second-order valence-corrected chi connectivity index (χ2v) is 6.09. The second-order valence-electron chi connectivity index (χ2n) is 6.09. The van der Waals surface area contributed by atoms with Crippen LogP contribution in [0, 0.1) is 5.41 Å². The van der Waals surface area contributed by atoms with Crippen molar-refractivity contribution in [3.8, 4) is 0 Å². The number of nitrogens with two attached hydrogens (primary N) is 1. The quantitative estimate of drug-likeness (QED) is 0.919. The summed E-state index contributed by atoms with van der Waals surface area (Å²) in [5, 5.41) is 0. The molecule has 0 aliphatic carbocycles. The summed E-state index contributed by atoms with van der Waals surface area (Å²) in [4.78, 5) is 11.8. The minimum Gasteiger partial charge on any atom is -0.327 e. The van der Waals surface area contributed by atoms with Gasteiger partial charge in [0.15, 0.2) is 0 Å². The van der Waals surface area contributed by atoms with Gasteiger partial charge in [0.1, 0.15) is 5.78 Å². The first kappa shape index (κ1) is 16.7. The van der Waals surface area contributed by atoms with Gasteiger partial charge in [0.2, 0.25) is 0 Å². The highest BCUT2D eigenvalue weighted by molar-refractivity contribution is 5.81. The summed E-state index contributed by atoms with van der Waals surface area (Å²) in [7, 11) is 0. The molecule has 0 saturated heterocycles. The molecule has 1 unspecified atom stereocenters. The lowest BCUT2D eigenvalue weighted by atomic mass is 9.84. The Morgan fingerprint density at radius 3 is 2.05 bits per heavy atom. The van der Waals surface area contributed by atoms with Gasteiger partial charge in [0, 0.05) is 18.9 Å². The molecule has 112 valence electrons. The van der Waals surface area contributed by atoms with Crippen molar-refractivity contribution in [2.45, 2.75) is 45.8 Å². The monoisotopic (exact) mass is 287 g/mol. The molecule has 5 heteroatoms. The van der Waals surface area contributed by atoms with Gasteiger partial charge in [-0.15, -0.1) is 0 Å². The fraction of sp³-hybridized carbons (Fsp3) is 0.533. The highest BCUT2D eigenvalue weighted by atomic mass is 19.4. The van der Waals surface area contributed by atoms with Crippen molar-refractivity contribution in [2.75, 3.05) is 0 Å². The van der Waals surface area contributed by atoms with E-state index < -0.39 is 11.7 Å². The Bertz CT molecular complexity index is 457. The number of halogens is 3. The van der Waals surface area contributed by atoms with Crippen LogP contribution in [0.15, 0.2) is 24.3 Å². The molecule has 0 radical (unpaired) electrons. The number of ketones is 1. The fourth-order valence-electron chi connectivity index (χ4n) is 1.66. The van der Waals surface area contributed by atoms with Gasteiger partial charge in [-0.25, -0.2) is 0 Å². The predicted molar refractivity (Wildman–Crippen MR) is 72.2 cm³/mol. The molecule has 0 amide bonds. The van der Waals surface area contributed by atoms with E-state index in [2.05, 4.69) is 0 Å². The lowest BCUT2D eigenvalue weighted by molar-refractivity contribution is -0.137. The van der Waals surface area contributed by atoms with E-state index in [1.165, 1.54) is 12.1 Å². The van der Waals surface area contributed by atoms with Crippen LogP contribution in [0.1, 0.15) is 38.3 Å². The number of hydrogen-bond donors (Lipinski definition) is 1. The van der Waals surface area contributed by atoms with Crippen molar-refractivity contribution in [2.24, 2.45) is 11.1 Å². The van der Waals surface area contributed by atoms with Gasteiger partial charge >= 0.3 is 6.18 Å². The zero-order valence-corrected chi connectivity index (χ0v) is 11.9. The third-order valence-corrected chi connectivity index (χ3v) is 3.24. The average molecular weight is 287 g/mol. The normalized spacial score (nSPS) is 14.2. The lowest BCUT2D eigenvalue weighted by Gasteiger charge is -2.26. The number of rotatable bonds is 4. The molecule has 0 spiro atoms. The SMILES string of the molecule is CC(C)(C)C(N)CC(=O)Cc1ccc(C(F)(F)F)cc1. The van der Waals surface area contributed by atoms with Crippen molar-refractivity contribution in [3.05, 3.63) is 35.4 Å². The summed E-state index contributed by atoms with van der Waals surface area (Å²) >= 11 is 0. The first-order valence-corrected chi connectivity index (χ1v) is 6.43. The van der Waals surface area contributed by atoms with Gasteiger partial charge < -0.3 is 5.73 Å². The number of carbonyl (C=O) groups excluding carboxylic acids is 1. The van der Waals surface area contributed by atoms with Crippen LogP contribution in [0.2, 0.25) is 0 Å². The maximum Gasteiger partial charge on any atom is 0.416 e. The number of benzene rings is 1. The molecule has 2 N–H and O–H groups in total. The van der Waals surface area contributed by atoms with Crippen LogP contribution in [0.25, 0.3) is 0 Å². The number of carbonyl (C=O) groups is 1. The largest absolute Gasteiger partial charge is 0.416 e. The van der Waals surface area contributed by atoms with Gasteiger partial charge in [-0.3, -0.25) is 4.79 Å². The molecular weight excluding hydrogens is 267 g/mol. The third-order valence-electron chi connectivity index (χ3n) is 3.24. The van der Waals surface area contributed by atoms with Crippen LogP contribution in [0.5, 0.6) is 0 Å². The molecule has 0 saturated carbocycles. The van der Waals surface area contributed by atoms with E-state index in [0.717, 1.165) is 12.1 Å². The Labute approximate surface area is 117 Å². The molecule has 2 nitrogen and oxygen atoms in total. The third kappa shape index (κ3) is 4.96. The van der Waals surface area contributed by atoms with E-state index in [0.29, 0.717) is 5.56 Å². The minimum absolute atomic E-state index is 0.0628. The molecule has 0 aliphatic heterocycles. The zero-order valence-electron chi connectivity index (χ0n) is 11.9. The Balaban J connectivity index is 2.64. The molecule has 0 heterocycles. The number of hydrogen-bond acceptors (Lipinski definition) is 2. The van der Waals surface area contributed by atoms with E-state index >= 15 is 0 Å². The highest BCUT2D eigenvalue weighted by Gasteiger charge is 2.30. The summed E-state index contributed by atoms with van der Waals surface area (Å²) < 4.78 is 37.2. The molecule has 1 atom stereocenters. The molecule has 1 rings (SSSR count). The van der Waals surface area contributed by atoms with Crippen LogP contribution in [-0.4, -0.2) is 11.8 Å². The molecule has 1 aromatic rings. The van der Waals surface area contributed by atoms with Gasteiger partial charge in [0.25, 0.3) is 0 Å². The van der Waals surface area contributed by atoms with Crippen LogP contribution in [0.4, 0.5) is 13.2 Å². The van der Waals surface area contributed by atoms with Gasteiger partial charge in [0.05, 0.1) is 5.56 Å². The Morgan fingerprint density at radius 1 is 1.15 bits per heavy atom. The first-order chi connectivity index (χ1) is 9.00. The first-order valence-electron chi connectivity index (χ1n) is 6.43. The van der Waals surface area contributed by atoms with Crippen molar-refractivity contribution in [1.82, 2.24) is 0 Å². The van der Waals surface area contributed by atoms with Crippen LogP contribution >= 0.6 is 0 Å². The van der Waals surface area contributed by atoms with Crippen molar-refractivity contribution in [1.29, 1.82) is 0 Å². The summed E-state index contributed by atoms with van der Waals surface area (Å²) in [5.74, 6) is -0.0628. The van der Waals surface area contributed by atoms with E-state index in [1.54, 1.807) is 0 Å². The molecule has 20 heavy (non-hydrogen) atoms. The van der Waals surface area contributed by atoms with Crippen molar-refractivity contribution >= 4 is 5.78 Å². The molecule has 0 aliphatic rings. The Hall–Kier alpha value is -1.36. The Kier molecular flexibility index (Phi) is 4.97. The fourth-order valence-corrected chi connectivity index (χ4v) is 1.66. The van der Waals surface area contributed by atoms with E-state index in [-0.39, 0.29) is 30.1 Å². The summed E-state index contributed by atoms with van der Waals surface area (Å²) in [6.07, 6.45) is -4.01. The van der Waals surface area contributed by atoms with Crippen LogP contribution in [0.3, 0.4) is 0 Å². The topological polar surface area (TPSA) is 43.1 Å². The maximum absolute atomic E-state index is 12.4. The van der Waals surface area contributed by atoms with Gasteiger partial charge in [-0.1, -0.05) is 32.9 Å². The number of alkyl halides is 3. The highest BCUT2D eigenvalue weighted by Crippen LogP contribution is 2.29. The average Bonchev–Trinajstić information content (AvgIpc) is 2.26. The minimum atomic E-state index is -4.35. The standard InChI is InChI=1S/C15H20F3NO/c1-14(2,3)13(19)9-12(20)8-10-4-6-11(7-5-10)15(16,17)18/h4-7,13H,8-9,19H2,1-3H3. The van der Waals surface area contributed by atoms with E-state index in [1.807, 2.05) is 20.8 Å². The van der Waals surface area contributed by atoms with Crippen LogP contribution < -0.4 is 5.73 Å². The van der Waals surface area contributed by atoms with E-state index in [4.69, 9.17) is 5.73 Å². The van der Waals surface area contributed by atoms with Crippen LogP contribution in [-0.2, 0) is 17.4 Å². The van der Waals surface area contributed by atoms with Gasteiger partial charge in [-0.05, 0) is 23.1 Å². The molecule has 1 aromatic carbocycles. The summed E-state index contributed by atoms with van der Waals surface area (Å²) in [5.41, 5.74) is 5.61. The second kappa shape index (κ2) is 5.95. The zero-order chi connectivity index (χ0) is 15.6. The van der Waals surface area contributed by atoms with Gasteiger partial charge in [-0.2, -0.15) is 13.2 Å². The predicted octanol–water partition coefficient (Wildman–Crippen LogP) is 3.58. The maximum atomic E-state index is 12.4. The number of Topliss-reactive ketones (excluding diaryl/α,β-unsaturated/α-hetero) is 1. The summed E-state index contributed by atoms with van der Waals surface area (Å²) in [6, 6.07) is 4.40. The molecule has 0 bridgehead atoms. The van der Waals surface area contributed by atoms with Crippen molar-refractivity contribution in [3.63, 3.8) is 0 Å². The molecular formula is C15H20F3NO.